The minimum atomic E-state index is 0.129. The van der Waals surface area contributed by atoms with Gasteiger partial charge in [0.25, 0.3) is 0 Å². The lowest BCUT2D eigenvalue weighted by Crippen LogP contribution is -2.22. The molecule has 0 heterocycles. The first-order valence-corrected chi connectivity index (χ1v) is 12.8. The number of phenolic OH excluding ortho intramolecular Hbond substituents is 1. The largest absolute Gasteiger partial charge is 0.508 e. The fourth-order valence-corrected chi connectivity index (χ4v) is 3.91. The Kier molecular flexibility index (Phi) is 17.2. The molecule has 0 spiro atoms. The molecular formula is C27H47NO2. The molecule has 0 bridgehead atoms. The van der Waals surface area contributed by atoms with E-state index in [-0.39, 0.29) is 11.7 Å². The van der Waals surface area contributed by atoms with Crippen molar-refractivity contribution in [1.82, 2.24) is 5.32 Å². The van der Waals surface area contributed by atoms with Gasteiger partial charge >= 0.3 is 0 Å². The Balaban J connectivity index is 1.77. The number of amides is 1. The zero-order valence-electron chi connectivity index (χ0n) is 19.6. The molecule has 0 radical (unpaired) electrons. The lowest BCUT2D eigenvalue weighted by molar-refractivity contribution is -0.121. The summed E-state index contributed by atoms with van der Waals surface area (Å²) in [7, 11) is 0. The van der Waals surface area contributed by atoms with Crippen LogP contribution in [0.25, 0.3) is 0 Å². The second-order valence-electron chi connectivity index (χ2n) is 8.85. The quantitative estimate of drug-likeness (QED) is 0.211. The van der Waals surface area contributed by atoms with Crippen LogP contribution < -0.4 is 5.32 Å². The number of hydrogen-bond acceptors (Lipinski definition) is 2. The molecule has 3 heteroatoms. The highest BCUT2D eigenvalue weighted by Gasteiger charge is 2.02. The summed E-state index contributed by atoms with van der Waals surface area (Å²) in [5.74, 6) is 0.387. The molecule has 0 atom stereocenters. The van der Waals surface area contributed by atoms with E-state index in [0.717, 1.165) is 18.4 Å². The number of nitrogens with one attached hydrogen (secondary N) is 1. The first-order chi connectivity index (χ1) is 14.7. The molecule has 2 N–H and O–H groups in total. The lowest BCUT2D eigenvalue weighted by atomic mass is 10.0. The number of hydrogen-bond donors (Lipinski definition) is 2. The number of benzene rings is 1. The minimum Gasteiger partial charge on any atom is -0.508 e. The van der Waals surface area contributed by atoms with Crippen LogP contribution in [-0.4, -0.2) is 11.0 Å². The number of unbranched alkanes of at least 4 members (excludes halogenated alkanes) is 16. The highest BCUT2D eigenvalue weighted by molar-refractivity contribution is 5.75. The molecule has 1 aromatic rings. The molecule has 0 saturated heterocycles. The molecule has 0 aliphatic heterocycles. The van der Waals surface area contributed by atoms with E-state index in [1.165, 1.54) is 96.3 Å². The van der Waals surface area contributed by atoms with E-state index in [1.807, 2.05) is 12.1 Å². The molecular weight excluding hydrogens is 370 g/mol. The fraction of sp³-hybridized carbons (Fsp3) is 0.741. The summed E-state index contributed by atoms with van der Waals surface area (Å²) in [6.07, 6.45) is 23.7. The SMILES string of the molecule is CCCCCCCCCCCCCCCCCCCC(=O)NCc1ccc(O)cc1. The van der Waals surface area contributed by atoms with Gasteiger partial charge in [-0.3, -0.25) is 4.79 Å². The Bertz CT molecular complexity index is 512. The summed E-state index contributed by atoms with van der Waals surface area (Å²) in [6, 6.07) is 6.98. The summed E-state index contributed by atoms with van der Waals surface area (Å²) >= 11 is 0. The maximum Gasteiger partial charge on any atom is 0.220 e. The third-order valence-electron chi connectivity index (χ3n) is 5.93. The van der Waals surface area contributed by atoms with Crippen molar-refractivity contribution in [2.45, 2.75) is 129 Å². The van der Waals surface area contributed by atoms with Crippen molar-refractivity contribution in [1.29, 1.82) is 0 Å². The molecule has 0 aliphatic rings. The van der Waals surface area contributed by atoms with Crippen LogP contribution in [0.1, 0.15) is 128 Å². The zero-order valence-corrected chi connectivity index (χ0v) is 19.6. The van der Waals surface area contributed by atoms with Crippen molar-refractivity contribution < 1.29 is 9.90 Å². The number of rotatable bonds is 20. The summed E-state index contributed by atoms with van der Waals surface area (Å²) < 4.78 is 0. The fourth-order valence-electron chi connectivity index (χ4n) is 3.91. The highest BCUT2D eigenvalue weighted by atomic mass is 16.3. The molecule has 3 nitrogen and oxygen atoms in total. The average Bonchev–Trinajstić information content (AvgIpc) is 2.75. The van der Waals surface area contributed by atoms with E-state index in [4.69, 9.17) is 0 Å². The maximum atomic E-state index is 11.9. The van der Waals surface area contributed by atoms with Crippen molar-refractivity contribution in [3.8, 4) is 5.75 Å². The molecule has 1 aromatic carbocycles. The van der Waals surface area contributed by atoms with Crippen molar-refractivity contribution in [3.05, 3.63) is 29.8 Å². The van der Waals surface area contributed by atoms with Crippen molar-refractivity contribution in [3.63, 3.8) is 0 Å². The van der Waals surface area contributed by atoms with Crippen LogP contribution in [0.15, 0.2) is 24.3 Å². The van der Waals surface area contributed by atoms with Gasteiger partial charge in [0.1, 0.15) is 5.75 Å². The topological polar surface area (TPSA) is 49.3 Å². The first-order valence-electron chi connectivity index (χ1n) is 12.8. The number of phenols is 1. The Morgan fingerprint density at radius 2 is 1.07 bits per heavy atom. The van der Waals surface area contributed by atoms with E-state index in [0.29, 0.717) is 13.0 Å². The molecule has 0 aliphatic carbocycles. The van der Waals surface area contributed by atoms with Crippen LogP contribution >= 0.6 is 0 Å². The number of aromatic hydroxyl groups is 1. The van der Waals surface area contributed by atoms with Crippen LogP contribution in [0.2, 0.25) is 0 Å². The molecule has 0 fully saturated rings. The van der Waals surface area contributed by atoms with Gasteiger partial charge in [-0.15, -0.1) is 0 Å². The van der Waals surface area contributed by atoms with Gasteiger partial charge < -0.3 is 10.4 Å². The van der Waals surface area contributed by atoms with E-state index >= 15 is 0 Å². The van der Waals surface area contributed by atoms with Crippen molar-refractivity contribution in [2.75, 3.05) is 0 Å². The second kappa shape index (κ2) is 19.5. The molecule has 30 heavy (non-hydrogen) atoms. The minimum absolute atomic E-state index is 0.129. The van der Waals surface area contributed by atoms with E-state index < -0.39 is 0 Å². The summed E-state index contributed by atoms with van der Waals surface area (Å²) in [6.45, 7) is 2.82. The Hall–Kier alpha value is -1.51. The van der Waals surface area contributed by atoms with Crippen LogP contribution in [-0.2, 0) is 11.3 Å². The predicted molar refractivity (Wildman–Crippen MR) is 129 cm³/mol. The molecule has 172 valence electrons. The Labute approximate surface area is 186 Å². The first kappa shape index (κ1) is 26.5. The van der Waals surface area contributed by atoms with Crippen LogP contribution in [0.3, 0.4) is 0 Å². The Morgan fingerprint density at radius 1 is 0.667 bits per heavy atom. The van der Waals surface area contributed by atoms with Gasteiger partial charge in [0.15, 0.2) is 0 Å². The van der Waals surface area contributed by atoms with Gasteiger partial charge in [-0.25, -0.2) is 0 Å². The molecule has 0 aromatic heterocycles. The second-order valence-corrected chi connectivity index (χ2v) is 8.85. The average molecular weight is 418 g/mol. The van der Waals surface area contributed by atoms with Gasteiger partial charge in [0, 0.05) is 13.0 Å². The summed E-state index contributed by atoms with van der Waals surface area (Å²) in [5, 5.41) is 12.2. The van der Waals surface area contributed by atoms with Gasteiger partial charge in [0.2, 0.25) is 5.91 Å². The molecule has 1 rings (SSSR count). The molecule has 0 unspecified atom stereocenters. The Morgan fingerprint density at radius 3 is 1.50 bits per heavy atom. The normalized spacial score (nSPS) is 11.0. The van der Waals surface area contributed by atoms with E-state index in [2.05, 4.69) is 12.2 Å². The van der Waals surface area contributed by atoms with E-state index in [1.54, 1.807) is 12.1 Å². The standard InChI is InChI=1S/C27H47NO2/c1-2-3-4-5-6-7-8-9-10-11-12-13-14-15-16-17-18-19-27(30)28-24-25-20-22-26(29)23-21-25/h20-23,29H,2-19,24H2,1H3,(H,28,30). The van der Waals surface area contributed by atoms with Gasteiger partial charge in [-0.2, -0.15) is 0 Å². The van der Waals surface area contributed by atoms with Crippen LogP contribution in [0.4, 0.5) is 0 Å². The summed E-state index contributed by atoms with van der Waals surface area (Å²) in [4.78, 5) is 11.9. The van der Waals surface area contributed by atoms with Crippen molar-refractivity contribution >= 4 is 5.91 Å². The smallest absolute Gasteiger partial charge is 0.220 e. The van der Waals surface area contributed by atoms with Crippen molar-refractivity contribution in [2.24, 2.45) is 0 Å². The van der Waals surface area contributed by atoms with Gasteiger partial charge in [0.05, 0.1) is 0 Å². The molecule has 0 saturated carbocycles. The third kappa shape index (κ3) is 16.3. The zero-order chi connectivity index (χ0) is 21.7. The van der Waals surface area contributed by atoms with Gasteiger partial charge in [-0.1, -0.05) is 122 Å². The third-order valence-corrected chi connectivity index (χ3v) is 5.93. The predicted octanol–water partition coefficient (Wildman–Crippen LogP) is 8.05. The van der Waals surface area contributed by atoms with Crippen LogP contribution in [0, 0.1) is 0 Å². The number of carbonyl (C=O) groups is 1. The van der Waals surface area contributed by atoms with Gasteiger partial charge in [-0.05, 0) is 24.1 Å². The molecule has 1 amide bonds. The highest BCUT2D eigenvalue weighted by Crippen LogP contribution is 2.14. The van der Waals surface area contributed by atoms with E-state index in [9.17, 15) is 9.90 Å². The summed E-state index contributed by atoms with van der Waals surface area (Å²) in [5.41, 5.74) is 1.02. The monoisotopic (exact) mass is 417 g/mol. The number of carbonyl (C=O) groups excluding carboxylic acids is 1. The van der Waals surface area contributed by atoms with Crippen LogP contribution in [0.5, 0.6) is 5.75 Å². The lowest BCUT2D eigenvalue weighted by Gasteiger charge is -2.06. The maximum absolute atomic E-state index is 11.9.